The molecule has 0 heterocycles. The normalized spacial score (nSPS) is 34.6. The molecule has 0 radical (unpaired) electrons. The first kappa shape index (κ1) is 17.3. The summed E-state index contributed by atoms with van der Waals surface area (Å²) in [5, 5.41) is 0. The van der Waals surface area contributed by atoms with E-state index < -0.39 is 0 Å². The third kappa shape index (κ3) is 5.25. The minimum Gasteiger partial charge on any atom is -0.302 e. The number of rotatable bonds is 6. The molecule has 0 unspecified atom stereocenters. The fourth-order valence-corrected chi connectivity index (χ4v) is 4.36. The van der Waals surface area contributed by atoms with Gasteiger partial charge in [0.05, 0.1) is 0 Å². The van der Waals surface area contributed by atoms with E-state index >= 15 is 0 Å². The van der Waals surface area contributed by atoms with Crippen molar-refractivity contribution in [2.45, 2.75) is 83.7 Å². The first-order valence-corrected chi connectivity index (χ1v) is 9.50. The zero-order valence-electron chi connectivity index (χ0n) is 15.0. The SMILES string of the molecule is CCC1CCC(N(C)CCN(C)C2CCC(C)CC2)CC1. The second-order valence-corrected chi connectivity index (χ2v) is 7.96. The van der Waals surface area contributed by atoms with Crippen LogP contribution in [0.25, 0.3) is 0 Å². The van der Waals surface area contributed by atoms with E-state index in [1.807, 2.05) is 0 Å². The van der Waals surface area contributed by atoms with Gasteiger partial charge in [-0.05, 0) is 77.3 Å². The molecule has 0 bridgehead atoms. The van der Waals surface area contributed by atoms with Crippen LogP contribution in [0.1, 0.15) is 71.6 Å². The summed E-state index contributed by atoms with van der Waals surface area (Å²) in [5.41, 5.74) is 0. The molecule has 2 fully saturated rings. The van der Waals surface area contributed by atoms with E-state index in [-0.39, 0.29) is 0 Å². The number of likely N-dealkylation sites (N-methyl/N-ethyl adjacent to an activating group) is 2. The van der Waals surface area contributed by atoms with E-state index in [2.05, 4.69) is 37.7 Å². The lowest BCUT2D eigenvalue weighted by Crippen LogP contribution is -2.43. The lowest BCUT2D eigenvalue weighted by atomic mass is 9.84. The van der Waals surface area contributed by atoms with Crippen LogP contribution in [-0.2, 0) is 0 Å². The van der Waals surface area contributed by atoms with Crippen LogP contribution < -0.4 is 0 Å². The smallest absolute Gasteiger partial charge is 0.0109 e. The molecule has 0 atom stereocenters. The molecule has 21 heavy (non-hydrogen) atoms. The van der Waals surface area contributed by atoms with E-state index in [1.165, 1.54) is 70.9 Å². The van der Waals surface area contributed by atoms with Crippen molar-refractivity contribution in [1.29, 1.82) is 0 Å². The van der Waals surface area contributed by atoms with Crippen LogP contribution in [-0.4, -0.2) is 49.1 Å². The summed E-state index contributed by atoms with van der Waals surface area (Å²) in [5.74, 6) is 1.98. The predicted octanol–water partition coefficient (Wildman–Crippen LogP) is 4.40. The molecule has 0 amide bonds. The number of hydrogen-bond donors (Lipinski definition) is 0. The van der Waals surface area contributed by atoms with E-state index in [0.717, 1.165) is 23.9 Å². The van der Waals surface area contributed by atoms with Gasteiger partial charge in [-0.15, -0.1) is 0 Å². The van der Waals surface area contributed by atoms with Gasteiger partial charge in [0.1, 0.15) is 0 Å². The minimum atomic E-state index is 0.852. The van der Waals surface area contributed by atoms with E-state index in [1.54, 1.807) is 0 Å². The molecule has 0 spiro atoms. The van der Waals surface area contributed by atoms with Crippen molar-refractivity contribution < 1.29 is 0 Å². The van der Waals surface area contributed by atoms with Gasteiger partial charge in [-0.2, -0.15) is 0 Å². The molecular formula is C19H38N2. The van der Waals surface area contributed by atoms with Crippen molar-refractivity contribution in [3.63, 3.8) is 0 Å². The van der Waals surface area contributed by atoms with Crippen LogP contribution in [0.5, 0.6) is 0 Å². The van der Waals surface area contributed by atoms with Crippen molar-refractivity contribution in [3.05, 3.63) is 0 Å². The number of nitrogens with zero attached hydrogens (tertiary/aromatic N) is 2. The zero-order valence-corrected chi connectivity index (χ0v) is 15.0. The lowest BCUT2D eigenvalue weighted by Gasteiger charge is -2.37. The summed E-state index contributed by atoms with van der Waals surface area (Å²) in [4.78, 5) is 5.29. The second-order valence-electron chi connectivity index (χ2n) is 7.96. The van der Waals surface area contributed by atoms with E-state index in [0.29, 0.717) is 0 Å². The van der Waals surface area contributed by atoms with Crippen molar-refractivity contribution >= 4 is 0 Å². The summed E-state index contributed by atoms with van der Waals surface area (Å²) < 4.78 is 0. The molecule has 0 aromatic heterocycles. The Hall–Kier alpha value is -0.0800. The molecule has 0 saturated heterocycles. The molecule has 0 aliphatic heterocycles. The molecule has 0 N–H and O–H groups in total. The largest absolute Gasteiger partial charge is 0.302 e. The van der Waals surface area contributed by atoms with Crippen LogP contribution in [0.3, 0.4) is 0 Å². The molecule has 2 rings (SSSR count). The molecule has 2 aliphatic carbocycles. The Morgan fingerprint density at radius 3 is 1.57 bits per heavy atom. The quantitative estimate of drug-likeness (QED) is 0.716. The van der Waals surface area contributed by atoms with Gasteiger partial charge in [-0.1, -0.05) is 20.3 Å². The topological polar surface area (TPSA) is 6.48 Å². The van der Waals surface area contributed by atoms with Gasteiger partial charge in [0, 0.05) is 25.2 Å². The molecule has 2 aliphatic rings. The summed E-state index contributed by atoms with van der Waals surface area (Å²) in [6.45, 7) is 7.28. The van der Waals surface area contributed by atoms with Gasteiger partial charge in [0.2, 0.25) is 0 Å². The monoisotopic (exact) mass is 294 g/mol. The maximum Gasteiger partial charge on any atom is 0.0109 e. The molecule has 0 aromatic rings. The standard InChI is InChI=1S/C19H38N2/c1-5-17-8-12-19(13-9-17)21(4)15-14-20(3)18-10-6-16(2)7-11-18/h16-19H,5-15H2,1-4H3. The maximum atomic E-state index is 2.65. The van der Waals surface area contributed by atoms with Crippen molar-refractivity contribution in [3.8, 4) is 0 Å². The van der Waals surface area contributed by atoms with E-state index in [4.69, 9.17) is 0 Å². The molecule has 2 saturated carbocycles. The third-order valence-electron chi connectivity index (χ3n) is 6.43. The molecular weight excluding hydrogens is 256 g/mol. The van der Waals surface area contributed by atoms with Crippen LogP contribution in [0, 0.1) is 11.8 Å². The Kier molecular flexibility index (Phi) is 7.01. The minimum absolute atomic E-state index is 0.852. The number of hydrogen-bond acceptors (Lipinski definition) is 2. The first-order valence-electron chi connectivity index (χ1n) is 9.50. The van der Waals surface area contributed by atoms with Crippen molar-refractivity contribution in [1.82, 2.24) is 9.80 Å². The lowest BCUT2D eigenvalue weighted by molar-refractivity contribution is 0.120. The summed E-state index contributed by atoms with van der Waals surface area (Å²) in [6, 6.07) is 1.71. The highest BCUT2D eigenvalue weighted by atomic mass is 15.2. The molecule has 2 nitrogen and oxygen atoms in total. The van der Waals surface area contributed by atoms with Crippen molar-refractivity contribution in [2.24, 2.45) is 11.8 Å². The summed E-state index contributed by atoms with van der Waals surface area (Å²) in [7, 11) is 4.70. The van der Waals surface area contributed by atoms with Crippen LogP contribution in [0.15, 0.2) is 0 Å². The average molecular weight is 295 g/mol. The fraction of sp³-hybridized carbons (Fsp3) is 1.00. The van der Waals surface area contributed by atoms with Gasteiger partial charge in [0.25, 0.3) is 0 Å². The van der Waals surface area contributed by atoms with Gasteiger partial charge in [-0.3, -0.25) is 0 Å². The Bertz CT molecular complexity index is 275. The van der Waals surface area contributed by atoms with Crippen molar-refractivity contribution in [2.75, 3.05) is 27.2 Å². The van der Waals surface area contributed by atoms with Crippen LogP contribution in [0.4, 0.5) is 0 Å². The second kappa shape index (κ2) is 8.53. The summed E-state index contributed by atoms with van der Waals surface area (Å²) in [6.07, 6.45) is 12.9. The van der Waals surface area contributed by atoms with E-state index in [9.17, 15) is 0 Å². The predicted molar refractivity (Wildman–Crippen MR) is 92.7 cm³/mol. The Morgan fingerprint density at radius 2 is 1.14 bits per heavy atom. The maximum absolute atomic E-state index is 2.65. The average Bonchev–Trinajstić information content (AvgIpc) is 2.53. The first-order chi connectivity index (χ1) is 10.1. The zero-order chi connectivity index (χ0) is 15.2. The Balaban J connectivity index is 1.65. The van der Waals surface area contributed by atoms with Crippen LogP contribution in [0.2, 0.25) is 0 Å². The highest BCUT2D eigenvalue weighted by molar-refractivity contribution is 4.80. The molecule has 2 heteroatoms. The Labute approximate surface area is 133 Å². The fourth-order valence-electron chi connectivity index (χ4n) is 4.36. The highest BCUT2D eigenvalue weighted by Gasteiger charge is 2.25. The van der Waals surface area contributed by atoms with Gasteiger partial charge < -0.3 is 9.80 Å². The van der Waals surface area contributed by atoms with Gasteiger partial charge in [-0.25, -0.2) is 0 Å². The van der Waals surface area contributed by atoms with Crippen LogP contribution >= 0.6 is 0 Å². The summed E-state index contributed by atoms with van der Waals surface area (Å²) >= 11 is 0. The highest BCUT2D eigenvalue weighted by Crippen LogP contribution is 2.29. The van der Waals surface area contributed by atoms with Gasteiger partial charge in [0.15, 0.2) is 0 Å². The third-order valence-corrected chi connectivity index (χ3v) is 6.43. The Morgan fingerprint density at radius 1 is 0.714 bits per heavy atom. The molecule has 124 valence electrons. The van der Waals surface area contributed by atoms with Gasteiger partial charge >= 0.3 is 0 Å². The molecule has 0 aromatic carbocycles.